The number of hydrogen-bond acceptors (Lipinski definition) is 4. The molecule has 0 unspecified atom stereocenters. The second-order valence-electron chi connectivity index (χ2n) is 4.49. The Bertz CT molecular complexity index is 746. The number of nitro benzene ring substituents is 1. The van der Waals surface area contributed by atoms with Gasteiger partial charge in [0, 0.05) is 6.07 Å². The lowest BCUT2D eigenvalue weighted by Gasteiger charge is -2.06. The van der Waals surface area contributed by atoms with Crippen LogP contribution >= 0.6 is 11.6 Å². The minimum absolute atomic E-state index is 0.0685. The summed E-state index contributed by atoms with van der Waals surface area (Å²) in [6, 6.07) is 8.42. The maximum atomic E-state index is 12.4. The number of alkyl halides is 3. The molecule has 0 aliphatic rings. The summed E-state index contributed by atoms with van der Waals surface area (Å²) in [5.41, 5.74) is -0.115. The number of nitro groups is 1. The zero-order valence-corrected chi connectivity index (χ0v) is 12.2. The van der Waals surface area contributed by atoms with Crippen LogP contribution in [0.2, 0.25) is 5.02 Å². The van der Waals surface area contributed by atoms with E-state index in [1.807, 2.05) is 0 Å². The zero-order valence-electron chi connectivity index (χ0n) is 11.4. The summed E-state index contributed by atoms with van der Waals surface area (Å²) >= 11 is 5.73. The van der Waals surface area contributed by atoms with Crippen LogP contribution in [0.3, 0.4) is 0 Å². The van der Waals surface area contributed by atoms with Gasteiger partial charge in [0.25, 0.3) is 5.69 Å². The number of nitrogens with zero attached hydrogens (tertiary/aromatic N) is 3. The van der Waals surface area contributed by atoms with Gasteiger partial charge >= 0.3 is 6.18 Å². The smallest absolute Gasteiger partial charge is 0.258 e. The first-order valence-electron chi connectivity index (χ1n) is 6.25. The fourth-order valence-corrected chi connectivity index (χ4v) is 1.95. The molecule has 9 heteroatoms. The predicted octanol–water partition coefficient (Wildman–Crippen LogP) is 5.55. The molecule has 0 N–H and O–H groups in total. The normalized spacial score (nSPS) is 11.8. The number of azo groups is 1. The van der Waals surface area contributed by atoms with Crippen molar-refractivity contribution in [2.45, 2.75) is 12.7 Å². The predicted molar refractivity (Wildman–Crippen MR) is 77.8 cm³/mol. The van der Waals surface area contributed by atoms with Gasteiger partial charge in [0.1, 0.15) is 5.02 Å². The number of rotatable bonds is 4. The topological polar surface area (TPSA) is 67.9 Å². The van der Waals surface area contributed by atoms with Crippen molar-refractivity contribution in [3.63, 3.8) is 0 Å². The van der Waals surface area contributed by atoms with Gasteiger partial charge in [0.2, 0.25) is 0 Å². The van der Waals surface area contributed by atoms with E-state index >= 15 is 0 Å². The molecule has 2 aromatic carbocycles. The summed E-state index contributed by atoms with van der Waals surface area (Å²) in [5, 5.41) is 18.2. The molecule has 120 valence electrons. The van der Waals surface area contributed by atoms with Gasteiger partial charge in [-0.05, 0) is 29.8 Å². The average Bonchev–Trinajstić information content (AvgIpc) is 2.46. The lowest BCUT2D eigenvalue weighted by molar-refractivity contribution is -0.384. The van der Waals surface area contributed by atoms with E-state index in [0.717, 1.165) is 12.1 Å². The number of halogens is 4. The van der Waals surface area contributed by atoms with Crippen LogP contribution in [0.25, 0.3) is 0 Å². The molecule has 0 aliphatic heterocycles. The van der Waals surface area contributed by atoms with Crippen molar-refractivity contribution < 1.29 is 18.1 Å². The zero-order chi connectivity index (χ0) is 17.0. The van der Waals surface area contributed by atoms with Crippen LogP contribution in [0.5, 0.6) is 0 Å². The van der Waals surface area contributed by atoms with Gasteiger partial charge in [0.05, 0.1) is 22.7 Å². The average molecular weight is 344 g/mol. The highest BCUT2D eigenvalue weighted by molar-refractivity contribution is 6.32. The molecule has 0 bridgehead atoms. The molecule has 0 amide bonds. The standard InChI is InChI=1S/C14H9ClF3N3O2/c15-12-7-11(5-6-13(12)21(22)23)20-19-8-9-1-3-10(4-2-9)14(16,17)18/h1-7H,8H2. The van der Waals surface area contributed by atoms with E-state index in [4.69, 9.17) is 11.6 Å². The van der Waals surface area contributed by atoms with Crippen LogP contribution in [-0.4, -0.2) is 4.92 Å². The van der Waals surface area contributed by atoms with Gasteiger partial charge in [0.15, 0.2) is 0 Å². The Morgan fingerprint density at radius 3 is 2.30 bits per heavy atom. The van der Waals surface area contributed by atoms with E-state index in [0.29, 0.717) is 11.3 Å². The van der Waals surface area contributed by atoms with E-state index in [1.165, 1.54) is 30.3 Å². The van der Waals surface area contributed by atoms with Crippen molar-refractivity contribution in [3.8, 4) is 0 Å². The Labute approximate surface area is 133 Å². The van der Waals surface area contributed by atoms with E-state index in [9.17, 15) is 23.3 Å². The van der Waals surface area contributed by atoms with Crippen LogP contribution < -0.4 is 0 Å². The minimum Gasteiger partial charge on any atom is -0.258 e. The number of hydrogen-bond donors (Lipinski definition) is 0. The second kappa shape index (κ2) is 6.74. The summed E-state index contributed by atoms with van der Waals surface area (Å²) in [6.45, 7) is 0.0761. The van der Waals surface area contributed by atoms with E-state index in [1.54, 1.807) is 0 Å². The summed E-state index contributed by atoms with van der Waals surface area (Å²) in [5.74, 6) is 0. The Kier molecular flexibility index (Phi) is 4.95. The SMILES string of the molecule is O=[N+]([O-])c1ccc(N=NCc2ccc(C(F)(F)F)cc2)cc1Cl. The molecule has 23 heavy (non-hydrogen) atoms. The molecule has 0 atom stereocenters. The molecule has 0 fully saturated rings. The van der Waals surface area contributed by atoms with E-state index in [2.05, 4.69) is 10.2 Å². The van der Waals surface area contributed by atoms with Gasteiger partial charge in [-0.2, -0.15) is 23.4 Å². The van der Waals surface area contributed by atoms with Gasteiger partial charge in [-0.15, -0.1) is 0 Å². The Hall–Kier alpha value is -2.48. The molecule has 2 aromatic rings. The summed E-state index contributed by atoms with van der Waals surface area (Å²) in [6.07, 6.45) is -4.38. The second-order valence-corrected chi connectivity index (χ2v) is 4.89. The van der Waals surface area contributed by atoms with Crippen LogP contribution in [0.4, 0.5) is 24.5 Å². The minimum atomic E-state index is -4.38. The first-order chi connectivity index (χ1) is 10.8. The van der Waals surface area contributed by atoms with Crippen molar-refractivity contribution >= 4 is 23.0 Å². The summed E-state index contributed by atoms with van der Waals surface area (Å²) in [7, 11) is 0. The number of benzene rings is 2. The highest BCUT2D eigenvalue weighted by Crippen LogP contribution is 2.30. The van der Waals surface area contributed by atoms with Gasteiger partial charge in [-0.3, -0.25) is 10.1 Å². The van der Waals surface area contributed by atoms with Crippen LogP contribution in [0, 0.1) is 10.1 Å². The molecule has 2 rings (SSSR count). The molecular weight excluding hydrogens is 335 g/mol. The quantitative estimate of drug-likeness (QED) is 0.415. The maximum absolute atomic E-state index is 12.4. The molecule has 0 spiro atoms. The van der Waals surface area contributed by atoms with Gasteiger partial charge in [-0.25, -0.2) is 0 Å². The molecule has 0 saturated heterocycles. The molecule has 0 aliphatic carbocycles. The van der Waals surface area contributed by atoms with Crippen molar-refractivity contribution in [1.82, 2.24) is 0 Å². The van der Waals surface area contributed by atoms with E-state index < -0.39 is 16.7 Å². The van der Waals surface area contributed by atoms with Crippen LogP contribution in [0.1, 0.15) is 11.1 Å². The van der Waals surface area contributed by atoms with Gasteiger partial charge < -0.3 is 0 Å². The third-order valence-electron chi connectivity index (χ3n) is 2.85. The Morgan fingerprint density at radius 1 is 1.13 bits per heavy atom. The monoisotopic (exact) mass is 343 g/mol. The highest BCUT2D eigenvalue weighted by Gasteiger charge is 2.29. The summed E-state index contributed by atoms with van der Waals surface area (Å²) in [4.78, 5) is 10.00. The summed E-state index contributed by atoms with van der Waals surface area (Å²) < 4.78 is 37.3. The Morgan fingerprint density at radius 2 is 1.78 bits per heavy atom. The van der Waals surface area contributed by atoms with Gasteiger partial charge in [-0.1, -0.05) is 23.7 Å². The lowest BCUT2D eigenvalue weighted by Crippen LogP contribution is -2.04. The molecule has 0 saturated carbocycles. The first-order valence-corrected chi connectivity index (χ1v) is 6.63. The molecule has 0 aromatic heterocycles. The fraction of sp³-hybridized carbons (Fsp3) is 0.143. The van der Waals surface area contributed by atoms with Crippen molar-refractivity contribution in [2.24, 2.45) is 10.2 Å². The van der Waals surface area contributed by atoms with E-state index in [-0.39, 0.29) is 17.3 Å². The van der Waals surface area contributed by atoms with Crippen molar-refractivity contribution in [1.29, 1.82) is 0 Å². The fourth-order valence-electron chi connectivity index (χ4n) is 1.70. The maximum Gasteiger partial charge on any atom is 0.416 e. The molecular formula is C14H9ClF3N3O2. The molecule has 0 heterocycles. The lowest BCUT2D eigenvalue weighted by atomic mass is 10.1. The largest absolute Gasteiger partial charge is 0.416 e. The Balaban J connectivity index is 2.04. The highest BCUT2D eigenvalue weighted by atomic mass is 35.5. The van der Waals surface area contributed by atoms with Crippen LogP contribution in [0.15, 0.2) is 52.7 Å². The van der Waals surface area contributed by atoms with Crippen molar-refractivity contribution in [3.05, 3.63) is 68.7 Å². The molecule has 5 nitrogen and oxygen atoms in total. The van der Waals surface area contributed by atoms with Crippen LogP contribution in [-0.2, 0) is 12.7 Å². The molecule has 0 radical (unpaired) electrons. The third kappa shape index (κ3) is 4.49. The first kappa shape index (κ1) is 16.9. The third-order valence-corrected chi connectivity index (χ3v) is 3.15. The van der Waals surface area contributed by atoms with Crippen molar-refractivity contribution in [2.75, 3.05) is 0 Å².